The summed E-state index contributed by atoms with van der Waals surface area (Å²) in [5, 5.41) is 5.62. The first-order valence-electron chi connectivity index (χ1n) is 7.65. The average Bonchev–Trinajstić information content (AvgIpc) is 3.30. The van der Waals surface area contributed by atoms with E-state index in [0.29, 0.717) is 38.7 Å². The number of hydrogen-bond donors (Lipinski definition) is 1. The molecular weight excluding hydrogens is 376 g/mol. The normalized spacial score (nSPS) is 12.1. The van der Waals surface area contributed by atoms with Crippen LogP contribution in [0, 0.1) is 0 Å². The molecule has 6 nitrogen and oxygen atoms in total. The maximum Gasteiger partial charge on any atom is 0.261 e. The number of amides is 1. The van der Waals surface area contributed by atoms with Crippen molar-refractivity contribution in [2.75, 3.05) is 19.2 Å². The Kier molecular flexibility index (Phi) is 4.40. The van der Waals surface area contributed by atoms with Crippen LogP contribution >= 0.6 is 22.9 Å². The largest absolute Gasteiger partial charge is 0.495 e. The van der Waals surface area contributed by atoms with Crippen LogP contribution in [0.4, 0.5) is 5.13 Å². The molecule has 1 N–H and O–H groups in total. The number of aromatic nitrogens is 1. The third-order valence-electron chi connectivity index (χ3n) is 3.81. The van der Waals surface area contributed by atoms with Gasteiger partial charge in [-0.05, 0) is 30.3 Å². The minimum absolute atomic E-state index is 0.110. The van der Waals surface area contributed by atoms with Gasteiger partial charge in [0.1, 0.15) is 5.75 Å². The molecule has 0 fully saturated rings. The van der Waals surface area contributed by atoms with Crippen molar-refractivity contribution in [2.24, 2.45) is 0 Å². The molecule has 4 rings (SSSR count). The molecule has 0 saturated carbocycles. The van der Waals surface area contributed by atoms with E-state index in [-0.39, 0.29) is 12.7 Å². The van der Waals surface area contributed by atoms with Crippen LogP contribution in [0.15, 0.2) is 41.8 Å². The number of halogens is 1. The monoisotopic (exact) mass is 388 g/mol. The number of carbonyl (C=O) groups is 1. The zero-order valence-corrected chi connectivity index (χ0v) is 15.2. The minimum atomic E-state index is -0.305. The summed E-state index contributed by atoms with van der Waals surface area (Å²) in [6.45, 7) is 0.110. The molecule has 26 heavy (non-hydrogen) atoms. The molecule has 0 atom stereocenters. The molecule has 0 bridgehead atoms. The van der Waals surface area contributed by atoms with Crippen LogP contribution in [0.1, 0.15) is 10.4 Å². The number of anilines is 1. The van der Waals surface area contributed by atoms with Gasteiger partial charge in [-0.15, -0.1) is 11.3 Å². The molecule has 3 aromatic rings. The SMILES string of the molecule is COc1ccc(-c2csc(NC(=O)c3cccc4c3OCO4)n2)cc1Cl. The Labute approximate surface area is 158 Å². The lowest BCUT2D eigenvalue weighted by molar-refractivity contribution is 0.102. The second-order valence-corrected chi connectivity index (χ2v) is 6.65. The van der Waals surface area contributed by atoms with E-state index in [9.17, 15) is 4.79 Å². The summed E-state index contributed by atoms with van der Waals surface area (Å²) in [5.74, 6) is 1.30. The van der Waals surface area contributed by atoms with E-state index >= 15 is 0 Å². The lowest BCUT2D eigenvalue weighted by atomic mass is 10.1. The number of para-hydroxylation sites is 1. The molecular formula is C18H13ClN2O4S. The van der Waals surface area contributed by atoms with Gasteiger partial charge in [0.15, 0.2) is 16.6 Å². The van der Waals surface area contributed by atoms with Crippen molar-refractivity contribution in [3.8, 4) is 28.5 Å². The smallest absolute Gasteiger partial charge is 0.261 e. The lowest BCUT2D eigenvalue weighted by Crippen LogP contribution is -2.12. The maximum atomic E-state index is 12.5. The molecule has 0 spiro atoms. The molecule has 132 valence electrons. The van der Waals surface area contributed by atoms with Gasteiger partial charge in [0.25, 0.3) is 5.91 Å². The first-order chi connectivity index (χ1) is 12.7. The Morgan fingerprint density at radius 2 is 2.19 bits per heavy atom. The van der Waals surface area contributed by atoms with Crippen molar-refractivity contribution in [1.29, 1.82) is 0 Å². The molecule has 1 aliphatic heterocycles. The topological polar surface area (TPSA) is 69.7 Å². The molecule has 1 amide bonds. The average molecular weight is 389 g/mol. The van der Waals surface area contributed by atoms with Gasteiger partial charge in [-0.1, -0.05) is 17.7 Å². The van der Waals surface area contributed by atoms with Gasteiger partial charge in [-0.2, -0.15) is 0 Å². The van der Waals surface area contributed by atoms with E-state index in [1.165, 1.54) is 11.3 Å². The number of methoxy groups -OCH3 is 1. The van der Waals surface area contributed by atoms with Crippen LogP contribution in [-0.4, -0.2) is 24.8 Å². The molecule has 0 unspecified atom stereocenters. The third-order valence-corrected chi connectivity index (χ3v) is 4.87. The van der Waals surface area contributed by atoms with E-state index < -0.39 is 0 Å². The van der Waals surface area contributed by atoms with Gasteiger partial charge < -0.3 is 14.2 Å². The Hall–Kier alpha value is -2.77. The van der Waals surface area contributed by atoms with E-state index in [0.717, 1.165) is 5.56 Å². The Bertz CT molecular complexity index is 989. The van der Waals surface area contributed by atoms with E-state index in [4.69, 9.17) is 25.8 Å². The number of fused-ring (bicyclic) bond motifs is 1. The van der Waals surface area contributed by atoms with Gasteiger partial charge in [0.05, 0.1) is 23.4 Å². The number of thiazole rings is 1. The van der Waals surface area contributed by atoms with E-state index in [1.54, 1.807) is 37.4 Å². The van der Waals surface area contributed by atoms with Crippen LogP contribution < -0.4 is 19.5 Å². The summed E-state index contributed by atoms with van der Waals surface area (Å²) in [6.07, 6.45) is 0. The zero-order chi connectivity index (χ0) is 18.1. The first-order valence-corrected chi connectivity index (χ1v) is 8.91. The maximum absolute atomic E-state index is 12.5. The Balaban J connectivity index is 1.55. The van der Waals surface area contributed by atoms with Crippen LogP contribution in [0.3, 0.4) is 0 Å². The molecule has 1 aliphatic rings. The summed E-state index contributed by atoms with van der Waals surface area (Å²) in [6, 6.07) is 10.6. The van der Waals surface area contributed by atoms with Gasteiger partial charge in [0.2, 0.25) is 6.79 Å². The zero-order valence-electron chi connectivity index (χ0n) is 13.6. The quantitative estimate of drug-likeness (QED) is 0.714. The highest BCUT2D eigenvalue weighted by molar-refractivity contribution is 7.14. The Morgan fingerprint density at radius 3 is 3.00 bits per heavy atom. The highest BCUT2D eigenvalue weighted by Crippen LogP contribution is 2.36. The van der Waals surface area contributed by atoms with Crippen molar-refractivity contribution in [1.82, 2.24) is 4.98 Å². The molecule has 0 aliphatic carbocycles. The van der Waals surface area contributed by atoms with Crippen molar-refractivity contribution >= 4 is 34.0 Å². The second-order valence-electron chi connectivity index (χ2n) is 5.38. The summed E-state index contributed by atoms with van der Waals surface area (Å²) >= 11 is 7.49. The highest BCUT2D eigenvalue weighted by Gasteiger charge is 2.22. The molecule has 0 radical (unpaired) electrons. The van der Waals surface area contributed by atoms with Crippen molar-refractivity contribution < 1.29 is 19.0 Å². The standard InChI is InChI=1S/C18H13ClN2O4S/c1-23-14-6-5-10(7-12(14)19)13-8-26-18(20-13)21-17(22)11-3-2-4-15-16(11)25-9-24-15/h2-8H,9H2,1H3,(H,20,21,22). The minimum Gasteiger partial charge on any atom is -0.495 e. The highest BCUT2D eigenvalue weighted by atomic mass is 35.5. The number of rotatable bonds is 4. The van der Waals surface area contributed by atoms with E-state index in [2.05, 4.69) is 10.3 Å². The molecule has 8 heteroatoms. The predicted molar refractivity (Wildman–Crippen MR) is 99.6 cm³/mol. The van der Waals surface area contributed by atoms with Crippen LogP contribution in [0.5, 0.6) is 17.2 Å². The fraction of sp³-hybridized carbons (Fsp3) is 0.111. The first kappa shape index (κ1) is 16.7. The molecule has 0 saturated heterocycles. The van der Waals surface area contributed by atoms with Crippen LogP contribution in [-0.2, 0) is 0 Å². The fourth-order valence-corrected chi connectivity index (χ4v) is 3.54. The number of carbonyl (C=O) groups excluding carboxylic acids is 1. The summed E-state index contributed by atoms with van der Waals surface area (Å²) in [7, 11) is 1.56. The van der Waals surface area contributed by atoms with Crippen molar-refractivity contribution in [3.63, 3.8) is 0 Å². The summed E-state index contributed by atoms with van der Waals surface area (Å²) in [5.41, 5.74) is 1.96. The predicted octanol–water partition coefficient (Wildman–Crippen LogP) is 4.45. The van der Waals surface area contributed by atoms with Gasteiger partial charge in [-0.3, -0.25) is 10.1 Å². The van der Waals surface area contributed by atoms with Crippen molar-refractivity contribution in [2.45, 2.75) is 0 Å². The van der Waals surface area contributed by atoms with Crippen LogP contribution in [0.25, 0.3) is 11.3 Å². The Morgan fingerprint density at radius 1 is 1.31 bits per heavy atom. The lowest BCUT2D eigenvalue weighted by Gasteiger charge is -2.05. The second kappa shape index (κ2) is 6.86. The molecule has 1 aromatic heterocycles. The number of ether oxygens (including phenoxy) is 3. The van der Waals surface area contributed by atoms with Gasteiger partial charge >= 0.3 is 0 Å². The number of nitrogens with zero attached hydrogens (tertiary/aromatic N) is 1. The number of hydrogen-bond acceptors (Lipinski definition) is 6. The van der Waals surface area contributed by atoms with Gasteiger partial charge in [0, 0.05) is 10.9 Å². The molecule has 2 aromatic carbocycles. The molecule has 2 heterocycles. The third kappa shape index (κ3) is 3.07. The summed E-state index contributed by atoms with van der Waals surface area (Å²) < 4.78 is 15.8. The van der Waals surface area contributed by atoms with Crippen molar-refractivity contribution in [3.05, 3.63) is 52.4 Å². The van der Waals surface area contributed by atoms with Gasteiger partial charge in [-0.25, -0.2) is 4.98 Å². The van der Waals surface area contributed by atoms with Crippen LogP contribution in [0.2, 0.25) is 5.02 Å². The fourth-order valence-electron chi connectivity index (χ4n) is 2.56. The number of nitrogens with one attached hydrogen (secondary N) is 1. The van der Waals surface area contributed by atoms with E-state index in [1.807, 2.05) is 11.4 Å². The summed E-state index contributed by atoms with van der Waals surface area (Å²) in [4.78, 5) is 17.0. The number of benzene rings is 2.